The van der Waals surface area contributed by atoms with Crippen LogP contribution in [-0.2, 0) is 23.8 Å². The van der Waals surface area contributed by atoms with Crippen molar-refractivity contribution in [2.24, 2.45) is 11.8 Å². The van der Waals surface area contributed by atoms with Crippen LogP contribution in [0.2, 0.25) is 0 Å². The molecule has 0 saturated carbocycles. The second-order valence-corrected chi connectivity index (χ2v) is 7.60. The summed E-state index contributed by atoms with van der Waals surface area (Å²) in [6.45, 7) is 6.60. The molecule has 1 aliphatic rings. The molecule has 3 heterocycles. The van der Waals surface area contributed by atoms with E-state index in [0.717, 1.165) is 0 Å². The Bertz CT molecular complexity index is 913. The van der Waals surface area contributed by atoms with E-state index in [-0.39, 0.29) is 18.4 Å². The van der Waals surface area contributed by atoms with Gasteiger partial charge in [-0.05, 0) is 0 Å². The molecule has 1 N–H and O–H groups in total. The highest BCUT2D eigenvalue weighted by Gasteiger charge is 2.48. The van der Waals surface area contributed by atoms with E-state index in [1.165, 1.54) is 24.3 Å². The first-order chi connectivity index (χ1) is 14.2. The molecular formula is C19H26N4O7. The second kappa shape index (κ2) is 8.92. The van der Waals surface area contributed by atoms with Crippen LogP contribution in [0.25, 0.3) is 11.2 Å². The lowest BCUT2D eigenvalue weighted by Gasteiger charge is -2.22. The van der Waals surface area contributed by atoms with Gasteiger partial charge >= 0.3 is 11.9 Å². The summed E-state index contributed by atoms with van der Waals surface area (Å²) in [5.41, 5.74) is 0.765. The summed E-state index contributed by atoms with van der Waals surface area (Å²) < 4.78 is 23.4. The Labute approximate surface area is 173 Å². The number of ether oxygens (including phenoxy) is 4. The number of aliphatic hydroxyl groups is 1. The zero-order valence-corrected chi connectivity index (χ0v) is 17.5. The minimum absolute atomic E-state index is 0.175. The van der Waals surface area contributed by atoms with Gasteiger partial charge in [0.1, 0.15) is 25.1 Å². The highest BCUT2D eigenvalue weighted by Crippen LogP contribution is 2.34. The number of rotatable bonds is 7. The predicted molar refractivity (Wildman–Crippen MR) is 102 cm³/mol. The van der Waals surface area contributed by atoms with Crippen molar-refractivity contribution in [3.63, 3.8) is 0 Å². The minimum Gasteiger partial charge on any atom is -0.479 e. The third-order valence-corrected chi connectivity index (χ3v) is 4.69. The monoisotopic (exact) mass is 422 g/mol. The molecule has 0 spiro atoms. The fourth-order valence-corrected chi connectivity index (χ4v) is 3.00. The quantitative estimate of drug-likeness (QED) is 0.640. The fourth-order valence-electron chi connectivity index (χ4n) is 3.00. The van der Waals surface area contributed by atoms with Gasteiger partial charge in [0.2, 0.25) is 5.88 Å². The van der Waals surface area contributed by atoms with Crippen molar-refractivity contribution in [2.75, 3.05) is 13.7 Å². The summed E-state index contributed by atoms with van der Waals surface area (Å²) in [6.07, 6.45) is -1.38. The van der Waals surface area contributed by atoms with Gasteiger partial charge in [-0.1, -0.05) is 27.7 Å². The van der Waals surface area contributed by atoms with E-state index < -0.39 is 42.4 Å². The lowest BCUT2D eigenvalue weighted by molar-refractivity contribution is -0.164. The molecule has 3 rings (SSSR count). The molecule has 2 aromatic rings. The van der Waals surface area contributed by atoms with E-state index in [1.54, 1.807) is 27.7 Å². The maximum Gasteiger partial charge on any atom is 0.308 e. The lowest BCUT2D eigenvalue weighted by Crippen LogP contribution is -2.39. The minimum atomic E-state index is -1.24. The summed E-state index contributed by atoms with van der Waals surface area (Å²) in [6, 6.07) is 0. The number of carbonyl (C=O) groups is 2. The third-order valence-electron chi connectivity index (χ3n) is 4.69. The Balaban J connectivity index is 1.89. The van der Waals surface area contributed by atoms with E-state index in [1.807, 2.05) is 0 Å². The Morgan fingerprint density at radius 2 is 1.87 bits per heavy atom. The van der Waals surface area contributed by atoms with Crippen LogP contribution in [0.4, 0.5) is 0 Å². The van der Waals surface area contributed by atoms with Gasteiger partial charge in [-0.3, -0.25) is 14.2 Å². The number of aliphatic hydroxyl groups excluding tert-OH is 1. The topological polar surface area (TPSA) is 135 Å². The van der Waals surface area contributed by atoms with Crippen molar-refractivity contribution in [3.8, 4) is 5.88 Å². The van der Waals surface area contributed by atoms with Crippen molar-refractivity contribution in [1.82, 2.24) is 19.5 Å². The van der Waals surface area contributed by atoms with Crippen LogP contribution in [0.3, 0.4) is 0 Å². The average molecular weight is 422 g/mol. The zero-order valence-electron chi connectivity index (χ0n) is 17.5. The first-order valence-electron chi connectivity index (χ1n) is 9.66. The number of fused-ring (bicyclic) bond motifs is 1. The molecule has 2 aromatic heterocycles. The highest BCUT2D eigenvalue weighted by molar-refractivity contribution is 5.76. The van der Waals surface area contributed by atoms with Gasteiger partial charge in [-0.25, -0.2) is 9.97 Å². The molecule has 0 amide bonds. The molecule has 0 unspecified atom stereocenters. The largest absolute Gasteiger partial charge is 0.479 e. The molecule has 0 radical (unpaired) electrons. The molecular weight excluding hydrogens is 396 g/mol. The van der Waals surface area contributed by atoms with E-state index >= 15 is 0 Å². The molecule has 30 heavy (non-hydrogen) atoms. The Kier molecular flexibility index (Phi) is 6.52. The Morgan fingerprint density at radius 3 is 2.50 bits per heavy atom. The summed E-state index contributed by atoms with van der Waals surface area (Å²) in [4.78, 5) is 36.5. The van der Waals surface area contributed by atoms with Gasteiger partial charge in [0.25, 0.3) is 0 Å². The fraction of sp³-hybridized carbons (Fsp3) is 0.632. The molecule has 1 fully saturated rings. The Morgan fingerprint density at radius 1 is 1.17 bits per heavy atom. The van der Waals surface area contributed by atoms with Crippen LogP contribution in [0, 0.1) is 11.8 Å². The number of aromatic nitrogens is 4. The first kappa shape index (κ1) is 21.9. The molecule has 1 aliphatic heterocycles. The SMILES string of the molecule is COc1ncnc2c1ncn2[C@@H]1O[C@H](COC(=O)C(C)C)[C@@H](OC(=O)C(C)C)[C@@H]1O. The van der Waals surface area contributed by atoms with Gasteiger partial charge in [-0.15, -0.1) is 0 Å². The van der Waals surface area contributed by atoms with Crippen LogP contribution >= 0.6 is 0 Å². The molecule has 0 aromatic carbocycles. The van der Waals surface area contributed by atoms with E-state index in [2.05, 4.69) is 15.0 Å². The maximum absolute atomic E-state index is 12.2. The van der Waals surface area contributed by atoms with Crippen molar-refractivity contribution in [2.45, 2.75) is 52.2 Å². The van der Waals surface area contributed by atoms with Crippen molar-refractivity contribution < 1.29 is 33.6 Å². The number of hydrogen-bond acceptors (Lipinski definition) is 10. The molecule has 0 bridgehead atoms. The molecule has 11 nitrogen and oxygen atoms in total. The zero-order chi connectivity index (χ0) is 22.0. The highest BCUT2D eigenvalue weighted by atomic mass is 16.6. The molecule has 4 atom stereocenters. The van der Waals surface area contributed by atoms with Crippen molar-refractivity contribution in [1.29, 1.82) is 0 Å². The van der Waals surface area contributed by atoms with E-state index in [9.17, 15) is 14.7 Å². The smallest absolute Gasteiger partial charge is 0.308 e. The van der Waals surface area contributed by atoms with Crippen LogP contribution in [0.15, 0.2) is 12.7 Å². The van der Waals surface area contributed by atoms with Crippen molar-refractivity contribution >= 4 is 23.1 Å². The number of carbonyl (C=O) groups excluding carboxylic acids is 2. The molecule has 0 aliphatic carbocycles. The third kappa shape index (κ3) is 4.21. The van der Waals surface area contributed by atoms with Crippen molar-refractivity contribution in [3.05, 3.63) is 12.7 Å². The molecule has 11 heteroatoms. The number of methoxy groups -OCH3 is 1. The predicted octanol–water partition coefficient (Wildman–Crippen LogP) is 0.860. The van der Waals surface area contributed by atoms with Crippen LogP contribution in [-0.4, -0.2) is 68.6 Å². The second-order valence-electron chi connectivity index (χ2n) is 7.60. The van der Waals surface area contributed by atoms with Gasteiger partial charge in [0.05, 0.1) is 25.3 Å². The number of hydrogen-bond donors (Lipinski definition) is 1. The Hall–Kier alpha value is -2.79. The standard InChI is InChI=1S/C19H26N4O7/c1-9(2)18(25)28-6-11-14(30-19(26)10(3)4)13(24)17(29-11)23-8-22-12-15(23)20-7-21-16(12)27-5/h7-11,13-14,17,24H,6H2,1-5H3/t11-,13+,14-,17-/m1/s1. The van der Waals surface area contributed by atoms with Crippen LogP contribution in [0.1, 0.15) is 33.9 Å². The summed E-state index contributed by atoms with van der Waals surface area (Å²) in [7, 11) is 1.46. The van der Waals surface area contributed by atoms with Crippen LogP contribution < -0.4 is 4.74 Å². The molecule has 164 valence electrons. The van der Waals surface area contributed by atoms with E-state index in [4.69, 9.17) is 18.9 Å². The van der Waals surface area contributed by atoms with Gasteiger partial charge in [0, 0.05) is 0 Å². The average Bonchev–Trinajstić information content (AvgIpc) is 3.27. The number of nitrogens with zero attached hydrogens (tertiary/aromatic N) is 4. The number of esters is 2. The van der Waals surface area contributed by atoms with Gasteiger partial charge in [-0.2, -0.15) is 4.98 Å². The summed E-state index contributed by atoms with van der Waals surface area (Å²) in [5.74, 6) is -1.37. The number of imidazole rings is 1. The summed E-state index contributed by atoms with van der Waals surface area (Å²) >= 11 is 0. The normalized spacial score (nSPS) is 23.9. The summed E-state index contributed by atoms with van der Waals surface area (Å²) in [5, 5.41) is 10.9. The lowest BCUT2D eigenvalue weighted by atomic mass is 10.1. The van der Waals surface area contributed by atoms with E-state index in [0.29, 0.717) is 11.2 Å². The molecule has 1 saturated heterocycles. The van der Waals surface area contributed by atoms with Gasteiger partial charge in [0.15, 0.2) is 23.5 Å². The maximum atomic E-state index is 12.2. The van der Waals surface area contributed by atoms with Crippen LogP contribution in [0.5, 0.6) is 5.88 Å². The first-order valence-corrected chi connectivity index (χ1v) is 9.66. The van der Waals surface area contributed by atoms with Gasteiger partial charge < -0.3 is 24.1 Å².